The summed E-state index contributed by atoms with van der Waals surface area (Å²) in [6.45, 7) is 0. The molecule has 4 rings (SSSR count). The van der Waals surface area contributed by atoms with E-state index in [2.05, 4.69) is 15.6 Å². The molecular formula is C24H18FN3O2. The topological polar surface area (TPSA) is 70.6 Å². The quantitative estimate of drug-likeness (QED) is 0.656. The summed E-state index contributed by atoms with van der Waals surface area (Å²) < 4.78 is 14.5. The molecule has 6 heteroatoms. The number of nitrogens with one attached hydrogen (secondary N) is 2. The SMILES string of the molecule is O=C(C=Cc1ccccc1)N[C@H]1N=C(c2ccccc2F)c2ccccc2NC1=O. The van der Waals surface area contributed by atoms with Gasteiger partial charge in [-0.25, -0.2) is 9.38 Å². The van der Waals surface area contributed by atoms with Crippen LogP contribution >= 0.6 is 0 Å². The van der Waals surface area contributed by atoms with E-state index in [0.717, 1.165) is 5.56 Å². The third-order valence-electron chi connectivity index (χ3n) is 4.58. The molecule has 0 radical (unpaired) electrons. The van der Waals surface area contributed by atoms with Crippen LogP contribution in [0.2, 0.25) is 0 Å². The fraction of sp³-hybridized carbons (Fsp3) is 0.0417. The molecule has 1 atom stereocenters. The maximum Gasteiger partial charge on any atom is 0.269 e. The van der Waals surface area contributed by atoms with Crippen molar-refractivity contribution < 1.29 is 14.0 Å². The molecule has 3 aromatic rings. The van der Waals surface area contributed by atoms with Crippen molar-refractivity contribution in [3.8, 4) is 0 Å². The number of amides is 2. The second kappa shape index (κ2) is 8.53. The summed E-state index contributed by atoms with van der Waals surface area (Å²) >= 11 is 0. The number of rotatable bonds is 4. The van der Waals surface area contributed by atoms with Gasteiger partial charge in [0, 0.05) is 17.2 Å². The largest absolute Gasteiger partial charge is 0.323 e. The van der Waals surface area contributed by atoms with Crippen molar-refractivity contribution >= 4 is 29.3 Å². The Bertz CT molecular complexity index is 1160. The van der Waals surface area contributed by atoms with Crippen LogP contribution in [0.1, 0.15) is 16.7 Å². The van der Waals surface area contributed by atoms with Crippen molar-refractivity contribution in [1.82, 2.24) is 5.32 Å². The molecule has 148 valence electrons. The summed E-state index contributed by atoms with van der Waals surface area (Å²) in [6, 6.07) is 22.5. The maximum atomic E-state index is 14.5. The van der Waals surface area contributed by atoms with Crippen molar-refractivity contribution in [3.05, 3.63) is 107 Å². The van der Waals surface area contributed by atoms with E-state index < -0.39 is 23.8 Å². The lowest BCUT2D eigenvalue weighted by Crippen LogP contribution is -2.41. The normalized spacial score (nSPS) is 15.7. The monoisotopic (exact) mass is 399 g/mol. The number of para-hydroxylation sites is 1. The van der Waals surface area contributed by atoms with Gasteiger partial charge in [0.15, 0.2) is 0 Å². The minimum Gasteiger partial charge on any atom is -0.323 e. The van der Waals surface area contributed by atoms with Gasteiger partial charge in [0.2, 0.25) is 12.1 Å². The van der Waals surface area contributed by atoms with Crippen molar-refractivity contribution in [2.45, 2.75) is 6.17 Å². The van der Waals surface area contributed by atoms with E-state index in [-0.39, 0.29) is 5.56 Å². The average molecular weight is 399 g/mol. The Labute approximate surface area is 173 Å². The fourth-order valence-electron chi connectivity index (χ4n) is 3.14. The van der Waals surface area contributed by atoms with E-state index >= 15 is 0 Å². The number of halogens is 1. The van der Waals surface area contributed by atoms with Gasteiger partial charge in [-0.05, 0) is 29.8 Å². The van der Waals surface area contributed by atoms with Crippen LogP contribution in [0.25, 0.3) is 6.08 Å². The van der Waals surface area contributed by atoms with Crippen LogP contribution in [0, 0.1) is 5.82 Å². The van der Waals surface area contributed by atoms with Crippen LogP contribution in [0.5, 0.6) is 0 Å². The molecule has 0 spiro atoms. The molecule has 0 saturated heterocycles. The molecular weight excluding hydrogens is 381 g/mol. The van der Waals surface area contributed by atoms with Gasteiger partial charge in [-0.3, -0.25) is 9.59 Å². The highest BCUT2D eigenvalue weighted by Crippen LogP contribution is 2.24. The first-order chi connectivity index (χ1) is 14.6. The highest BCUT2D eigenvalue weighted by atomic mass is 19.1. The van der Waals surface area contributed by atoms with Gasteiger partial charge >= 0.3 is 0 Å². The van der Waals surface area contributed by atoms with Crippen LogP contribution in [0.3, 0.4) is 0 Å². The second-order valence-corrected chi connectivity index (χ2v) is 6.65. The first-order valence-corrected chi connectivity index (χ1v) is 9.38. The molecule has 0 unspecified atom stereocenters. The molecule has 0 saturated carbocycles. The van der Waals surface area contributed by atoms with Crippen LogP contribution in [0.15, 0.2) is 89.9 Å². The zero-order chi connectivity index (χ0) is 20.9. The van der Waals surface area contributed by atoms with E-state index in [9.17, 15) is 14.0 Å². The van der Waals surface area contributed by atoms with Crippen molar-refractivity contribution in [1.29, 1.82) is 0 Å². The number of aliphatic imine (C=N–C) groups is 1. The number of carbonyl (C=O) groups excluding carboxylic acids is 2. The number of hydrogen-bond donors (Lipinski definition) is 2. The standard InChI is InChI=1S/C24H18FN3O2/c25-19-12-6-4-10-17(19)22-18-11-5-7-13-20(18)26-24(30)23(28-22)27-21(29)15-14-16-8-2-1-3-9-16/h1-15,23H,(H,26,30)(H,27,29)/t23-/m0/s1. The lowest BCUT2D eigenvalue weighted by Gasteiger charge is -2.12. The average Bonchev–Trinajstić information content (AvgIpc) is 2.90. The molecule has 1 heterocycles. The van der Waals surface area contributed by atoms with E-state index in [1.165, 1.54) is 12.1 Å². The van der Waals surface area contributed by atoms with Crippen LogP contribution in [0.4, 0.5) is 10.1 Å². The predicted molar refractivity (Wildman–Crippen MR) is 115 cm³/mol. The summed E-state index contributed by atoms with van der Waals surface area (Å²) in [5, 5.41) is 5.34. The Balaban J connectivity index is 1.67. The van der Waals surface area contributed by atoms with Crippen molar-refractivity contribution in [2.24, 2.45) is 4.99 Å². The summed E-state index contributed by atoms with van der Waals surface area (Å²) in [7, 11) is 0. The highest BCUT2D eigenvalue weighted by Gasteiger charge is 2.27. The number of anilines is 1. The molecule has 30 heavy (non-hydrogen) atoms. The van der Waals surface area contributed by atoms with Gasteiger partial charge < -0.3 is 10.6 Å². The second-order valence-electron chi connectivity index (χ2n) is 6.65. The van der Waals surface area contributed by atoms with Crippen LogP contribution in [-0.2, 0) is 9.59 Å². The van der Waals surface area contributed by atoms with Crippen LogP contribution in [-0.4, -0.2) is 23.7 Å². The van der Waals surface area contributed by atoms with Gasteiger partial charge in [-0.2, -0.15) is 0 Å². The number of benzene rings is 3. The molecule has 1 aliphatic heterocycles. The Hall–Kier alpha value is -4.06. The number of fused-ring (bicyclic) bond motifs is 1. The third-order valence-corrected chi connectivity index (χ3v) is 4.58. The molecule has 0 aliphatic carbocycles. The van der Waals surface area contributed by atoms with E-state index in [4.69, 9.17) is 0 Å². The Morgan fingerprint density at radius 2 is 1.60 bits per heavy atom. The molecule has 2 amide bonds. The van der Waals surface area contributed by atoms with E-state index in [0.29, 0.717) is 17.0 Å². The van der Waals surface area contributed by atoms with E-state index in [1.54, 1.807) is 48.5 Å². The smallest absolute Gasteiger partial charge is 0.269 e. The van der Waals surface area contributed by atoms with Crippen molar-refractivity contribution in [2.75, 3.05) is 5.32 Å². The first-order valence-electron chi connectivity index (χ1n) is 9.38. The number of benzodiazepines with no additional fused rings is 1. The molecule has 0 aromatic heterocycles. The van der Waals surface area contributed by atoms with Gasteiger partial charge in [0.1, 0.15) is 5.82 Å². The molecule has 0 fully saturated rings. The minimum absolute atomic E-state index is 0.250. The van der Waals surface area contributed by atoms with Gasteiger partial charge in [0.25, 0.3) is 5.91 Å². The zero-order valence-electron chi connectivity index (χ0n) is 15.9. The fourth-order valence-corrected chi connectivity index (χ4v) is 3.14. The van der Waals surface area contributed by atoms with Gasteiger partial charge in [-0.15, -0.1) is 0 Å². The molecule has 1 aliphatic rings. The van der Waals surface area contributed by atoms with Crippen molar-refractivity contribution in [3.63, 3.8) is 0 Å². The Morgan fingerprint density at radius 1 is 0.933 bits per heavy atom. The summed E-state index contributed by atoms with van der Waals surface area (Å²) in [5.74, 6) is -1.45. The third kappa shape index (κ3) is 4.17. The van der Waals surface area contributed by atoms with Gasteiger partial charge in [-0.1, -0.05) is 60.7 Å². The summed E-state index contributed by atoms with van der Waals surface area (Å²) in [6.07, 6.45) is 1.76. The Morgan fingerprint density at radius 3 is 2.37 bits per heavy atom. The summed E-state index contributed by atoms with van der Waals surface area (Å²) in [4.78, 5) is 29.5. The Kier molecular flexibility index (Phi) is 5.48. The zero-order valence-corrected chi connectivity index (χ0v) is 15.9. The predicted octanol–water partition coefficient (Wildman–Crippen LogP) is 3.77. The lowest BCUT2D eigenvalue weighted by atomic mass is 10.0. The molecule has 3 aromatic carbocycles. The number of hydrogen-bond acceptors (Lipinski definition) is 3. The molecule has 0 bridgehead atoms. The summed E-state index contributed by atoms with van der Waals surface area (Å²) in [5.41, 5.74) is 2.47. The number of carbonyl (C=O) groups is 2. The lowest BCUT2D eigenvalue weighted by molar-refractivity contribution is -0.123. The molecule has 5 nitrogen and oxygen atoms in total. The molecule has 2 N–H and O–H groups in total. The maximum absolute atomic E-state index is 14.5. The minimum atomic E-state index is -1.21. The van der Waals surface area contributed by atoms with Gasteiger partial charge in [0.05, 0.1) is 11.4 Å². The van der Waals surface area contributed by atoms with E-state index in [1.807, 2.05) is 30.3 Å². The van der Waals surface area contributed by atoms with Crippen LogP contribution < -0.4 is 10.6 Å². The highest BCUT2D eigenvalue weighted by molar-refractivity contribution is 6.20. The first kappa shape index (κ1) is 19.3. The number of nitrogens with zero attached hydrogens (tertiary/aromatic N) is 1.